The number of hydrogen-bond acceptors (Lipinski definition) is 4. The topological polar surface area (TPSA) is 84.9 Å². The first kappa shape index (κ1) is 17.3. The van der Waals surface area contributed by atoms with E-state index in [2.05, 4.69) is 5.32 Å². The van der Waals surface area contributed by atoms with E-state index in [4.69, 9.17) is 9.47 Å². The molecule has 2 N–H and O–H groups in total. The number of rotatable bonds is 7. The van der Waals surface area contributed by atoms with Crippen molar-refractivity contribution in [2.75, 3.05) is 14.2 Å². The van der Waals surface area contributed by atoms with Crippen molar-refractivity contribution >= 4 is 11.9 Å². The lowest BCUT2D eigenvalue weighted by molar-refractivity contribution is -0.139. The van der Waals surface area contributed by atoms with E-state index in [1.54, 1.807) is 6.07 Å². The van der Waals surface area contributed by atoms with Gasteiger partial charge in [-0.2, -0.15) is 0 Å². The molecule has 0 saturated heterocycles. The minimum absolute atomic E-state index is 0.197. The van der Waals surface area contributed by atoms with Gasteiger partial charge in [0.2, 0.25) is 0 Å². The SMILES string of the molecule is COc1cc(OC)cc(C(=O)NC(Cc2ccccc2)C(=O)O)c1. The lowest BCUT2D eigenvalue weighted by atomic mass is 10.1. The Morgan fingerprint density at radius 2 is 1.62 bits per heavy atom. The predicted octanol–water partition coefficient (Wildman–Crippen LogP) is 2.13. The number of nitrogens with one attached hydrogen (secondary N) is 1. The monoisotopic (exact) mass is 329 g/mol. The van der Waals surface area contributed by atoms with Crippen LogP contribution in [-0.4, -0.2) is 37.2 Å². The number of methoxy groups -OCH3 is 2. The van der Waals surface area contributed by atoms with Gasteiger partial charge >= 0.3 is 5.97 Å². The summed E-state index contributed by atoms with van der Waals surface area (Å²) >= 11 is 0. The first-order valence-corrected chi connectivity index (χ1v) is 7.34. The maximum Gasteiger partial charge on any atom is 0.326 e. The number of carboxylic acid groups (broad SMARTS) is 1. The third-order valence-electron chi connectivity index (χ3n) is 3.50. The summed E-state index contributed by atoms with van der Waals surface area (Å²) < 4.78 is 10.2. The summed E-state index contributed by atoms with van der Waals surface area (Å²) in [6.07, 6.45) is 0.197. The zero-order valence-electron chi connectivity index (χ0n) is 13.5. The second kappa shape index (κ2) is 8.01. The average molecular weight is 329 g/mol. The summed E-state index contributed by atoms with van der Waals surface area (Å²) in [7, 11) is 2.96. The van der Waals surface area contributed by atoms with E-state index in [0.717, 1.165) is 5.56 Å². The second-order valence-electron chi connectivity index (χ2n) is 5.16. The van der Waals surface area contributed by atoms with Gasteiger partial charge in [-0.1, -0.05) is 30.3 Å². The highest BCUT2D eigenvalue weighted by Crippen LogP contribution is 2.22. The van der Waals surface area contributed by atoms with Crippen molar-refractivity contribution in [3.05, 3.63) is 59.7 Å². The number of ether oxygens (including phenoxy) is 2. The standard InChI is InChI=1S/C18H19NO5/c1-23-14-9-13(10-15(11-14)24-2)17(20)19-16(18(21)22)8-12-6-4-3-5-7-12/h3-7,9-11,16H,8H2,1-2H3,(H,19,20)(H,21,22). The molecule has 6 heteroatoms. The molecule has 1 unspecified atom stereocenters. The Morgan fingerprint density at radius 3 is 2.12 bits per heavy atom. The van der Waals surface area contributed by atoms with Crippen LogP contribution in [0.4, 0.5) is 0 Å². The minimum atomic E-state index is -1.10. The third-order valence-corrected chi connectivity index (χ3v) is 3.50. The maximum atomic E-state index is 12.4. The van der Waals surface area contributed by atoms with Crippen LogP contribution < -0.4 is 14.8 Å². The molecule has 0 aliphatic carbocycles. The number of aliphatic carboxylic acids is 1. The van der Waals surface area contributed by atoms with E-state index in [1.165, 1.54) is 26.4 Å². The van der Waals surface area contributed by atoms with Crippen molar-refractivity contribution in [1.29, 1.82) is 0 Å². The number of amides is 1. The molecule has 0 bridgehead atoms. The van der Waals surface area contributed by atoms with Crippen molar-refractivity contribution < 1.29 is 24.2 Å². The van der Waals surface area contributed by atoms with Crippen LogP contribution in [0.1, 0.15) is 15.9 Å². The molecule has 2 aromatic rings. The van der Waals surface area contributed by atoms with E-state index in [9.17, 15) is 14.7 Å². The lowest BCUT2D eigenvalue weighted by Crippen LogP contribution is -2.42. The Kier molecular flexibility index (Phi) is 5.78. The normalized spacial score (nSPS) is 11.4. The van der Waals surface area contributed by atoms with Crippen molar-refractivity contribution in [1.82, 2.24) is 5.32 Å². The molecule has 0 fully saturated rings. The summed E-state index contributed by atoms with van der Waals surface area (Å²) in [5.74, 6) is -0.693. The number of carbonyl (C=O) groups excluding carboxylic acids is 1. The highest BCUT2D eigenvalue weighted by atomic mass is 16.5. The van der Waals surface area contributed by atoms with Crippen molar-refractivity contribution in [3.63, 3.8) is 0 Å². The minimum Gasteiger partial charge on any atom is -0.497 e. The Hall–Kier alpha value is -3.02. The van der Waals surface area contributed by atoms with Crippen LogP contribution in [0.15, 0.2) is 48.5 Å². The second-order valence-corrected chi connectivity index (χ2v) is 5.16. The van der Waals surface area contributed by atoms with Gasteiger partial charge in [-0.15, -0.1) is 0 Å². The largest absolute Gasteiger partial charge is 0.497 e. The predicted molar refractivity (Wildman–Crippen MR) is 88.6 cm³/mol. The van der Waals surface area contributed by atoms with Gasteiger partial charge in [-0.3, -0.25) is 4.79 Å². The van der Waals surface area contributed by atoms with E-state index >= 15 is 0 Å². The van der Waals surface area contributed by atoms with Gasteiger partial charge in [-0.25, -0.2) is 4.79 Å². The van der Waals surface area contributed by atoms with Crippen LogP contribution in [-0.2, 0) is 11.2 Å². The highest BCUT2D eigenvalue weighted by molar-refractivity contribution is 5.97. The molecule has 126 valence electrons. The lowest BCUT2D eigenvalue weighted by Gasteiger charge is -2.15. The fourth-order valence-corrected chi connectivity index (χ4v) is 2.23. The van der Waals surface area contributed by atoms with Crippen molar-refractivity contribution in [2.24, 2.45) is 0 Å². The fraction of sp³-hybridized carbons (Fsp3) is 0.222. The Labute approximate surface area is 140 Å². The molecule has 0 aromatic heterocycles. The average Bonchev–Trinajstić information content (AvgIpc) is 2.61. The number of carbonyl (C=O) groups is 2. The number of benzene rings is 2. The van der Waals surface area contributed by atoms with Crippen LogP contribution in [0.3, 0.4) is 0 Å². The summed E-state index contributed by atoms with van der Waals surface area (Å²) in [5, 5.41) is 11.9. The van der Waals surface area contributed by atoms with Gasteiger partial charge in [0.1, 0.15) is 17.5 Å². The van der Waals surface area contributed by atoms with Crippen LogP contribution >= 0.6 is 0 Å². The van der Waals surface area contributed by atoms with Gasteiger partial charge in [0, 0.05) is 18.1 Å². The molecule has 0 aliphatic rings. The molecule has 24 heavy (non-hydrogen) atoms. The molecule has 6 nitrogen and oxygen atoms in total. The van der Waals surface area contributed by atoms with E-state index < -0.39 is 17.9 Å². The Morgan fingerprint density at radius 1 is 1.04 bits per heavy atom. The Balaban J connectivity index is 2.17. The van der Waals surface area contributed by atoms with Crippen LogP contribution in [0.2, 0.25) is 0 Å². The molecular weight excluding hydrogens is 310 g/mol. The molecule has 0 spiro atoms. The molecule has 0 aliphatic heterocycles. The first-order chi connectivity index (χ1) is 11.5. The van der Waals surface area contributed by atoms with Crippen molar-refractivity contribution in [3.8, 4) is 11.5 Å². The van der Waals surface area contributed by atoms with Crippen LogP contribution in [0.25, 0.3) is 0 Å². The molecule has 1 atom stereocenters. The van der Waals surface area contributed by atoms with Gasteiger partial charge in [0.05, 0.1) is 14.2 Å². The molecule has 0 saturated carbocycles. The first-order valence-electron chi connectivity index (χ1n) is 7.34. The van der Waals surface area contributed by atoms with Gasteiger partial charge in [-0.05, 0) is 17.7 Å². The van der Waals surface area contributed by atoms with E-state index in [1.807, 2.05) is 30.3 Å². The van der Waals surface area contributed by atoms with E-state index in [-0.39, 0.29) is 12.0 Å². The van der Waals surface area contributed by atoms with Gasteiger partial charge in [0.15, 0.2) is 0 Å². The summed E-state index contributed by atoms with van der Waals surface area (Å²) in [4.78, 5) is 23.9. The summed E-state index contributed by atoms with van der Waals surface area (Å²) in [6.45, 7) is 0. The van der Waals surface area contributed by atoms with Gasteiger partial charge in [0.25, 0.3) is 5.91 Å². The smallest absolute Gasteiger partial charge is 0.326 e. The maximum absolute atomic E-state index is 12.4. The molecule has 2 aromatic carbocycles. The molecule has 0 heterocycles. The van der Waals surface area contributed by atoms with E-state index in [0.29, 0.717) is 11.5 Å². The Bertz CT molecular complexity index is 692. The molecule has 2 rings (SSSR count). The van der Waals surface area contributed by atoms with Crippen LogP contribution in [0.5, 0.6) is 11.5 Å². The molecular formula is C18H19NO5. The molecule has 1 amide bonds. The van der Waals surface area contributed by atoms with Gasteiger partial charge < -0.3 is 19.9 Å². The fourth-order valence-electron chi connectivity index (χ4n) is 2.23. The third kappa shape index (κ3) is 4.49. The number of carboxylic acids is 1. The highest BCUT2D eigenvalue weighted by Gasteiger charge is 2.21. The van der Waals surface area contributed by atoms with Crippen LogP contribution in [0, 0.1) is 0 Å². The zero-order chi connectivity index (χ0) is 17.5. The zero-order valence-corrected chi connectivity index (χ0v) is 13.5. The molecule has 0 radical (unpaired) electrons. The quantitative estimate of drug-likeness (QED) is 0.813. The summed E-state index contributed by atoms with van der Waals surface area (Å²) in [6, 6.07) is 12.8. The number of hydrogen-bond donors (Lipinski definition) is 2. The summed E-state index contributed by atoms with van der Waals surface area (Å²) in [5.41, 5.74) is 1.10. The van der Waals surface area contributed by atoms with Crippen molar-refractivity contribution in [2.45, 2.75) is 12.5 Å².